The molecule has 20 heavy (non-hydrogen) atoms. The second-order valence-corrected chi connectivity index (χ2v) is 4.92. The highest BCUT2D eigenvalue weighted by molar-refractivity contribution is 5.63. The van der Waals surface area contributed by atoms with Crippen molar-refractivity contribution in [2.45, 2.75) is 19.4 Å². The van der Waals surface area contributed by atoms with Crippen LogP contribution in [0.1, 0.15) is 24.9 Å². The lowest BCUT2D eigenvalue weighted by molar-refractivity contribution is 0.566. The van der Waals surface area contributed by atoms with E-state index in [-0.39, 0.29) is 0 Å². The molecular weight excluding hydrogens is 244 g/mol. The summed E-state index contributed by atoms with van der Waals surface area (Å²) in [7, 11) is 0. The Morgan fingerprint density at radius 2 is 1.65 bits per heavy atom. The first-order valence-electron chi connectivity index (χ1n) is 7.01. The van der Waals surface area contributed by atoms with Crippen molar-refractivity contribution in [3.8, 4) is 11.1 Å². The number of hydrogen-bond donors (Lipinski definition) is 0. The Morgan fingerprint density at radius 3 is 2.25 bits per heavy atom. The molecular formula is C18H18N2. The third kappa shape index (κ3) is 2.50. The van der Waals surface area contributed by atoms with E-state index < -0.39 is 0 Å². The molecule has 0 saturated heterocycles. The van der Waals surface area contributed by atoms with Gasteiger partial charge in [-0.3, -0.25) is 0 Å². The molecule has 0 aliphatic rings. The average Bonchev–Trinajstić information content (AvgIpc) is 3.04. The van der Waals surface area contributed by atoms with E-state index >= 15 is 0 Å². The summed E-state index contributed by atoms with van der Waals surface area (Å²) in [5, 5.41) is 0. The Balaban J connectivity index is 1.89. The van der Waals surface area contributed by atoms with Crippen LogP contribution in [0.25, 0.3) is 11.1 Å². The van der Waals surface area contributed by atoms with Crippen LogP contribution >= 0.6 is 0 Å². The molecule has 0 fully saturated rings. The summed E-state index contributed by atoms with van der Waals surface area (Å²) in [5.41, 5.74) is 3.84. The minimum Gasteiger partial charge on any atom is -0.330 e. The minimum atomic E-state index is 0.363. The molecule has 2 heteroatoms. The van der Waals surface area contributed by atoms with Gasteiger partial charge < -0.3 is 4.57 Å². The molecule has 2 nitrogen and oxygen atoms in total. The van der Waals surface area contributed by atoms with Gasteiger partial charge in [0.2, 0.25) is 0 Å². The Labute approximate surface area is 119 Å². The van der Waals surface area contributed by atoms with Gasteiger partial charge in [-0.1, -0.05) is 61.5 Å². The van der Waals surface area contributed by atoms with Crippen molar-refractivity contribution >= 4 is 0 Å². The van der Waals surface area contributed by atoms with E-state index in [1.807, 2.05) is 24.8 Å². The normalized spacial score (nSPS) is 12.2. The first-order chi connectivity index (χ1) is 9.88. The largest absolute Gasteiger partial charge is 0.330 e. The van der Waals surface area contributed by atoms with Crippen molar-refractivity contribution in [2.24, 2.45) is 0 Å². The van der Waals surface area contributed by atoms with Crippen molar-refractivity contribution in [1.82, 2.24) is 9.55 Å². The van der Waals surface area contributed by atoms with Crippen molar-refractivity contribution < 1.29 is 0 Å². The molecule has 0 radical (unpaired) electrons. The van der Waals surface area contributed by atoms with Crippen molar-refractivity contribution in [1.29, 1.82) is 0 Å². The summed E-state index contributed by atoms with van der Waals surface area (Å²) in [6, 6.07) is 19.7. The van der Waals surface area contributed by atoms with E-state index in [9.17, 15) is 0 Å². The second-order valence-electron chi connectivity index (χ2n) is 4.92. The van der Waals surface area contributed by atoms with Crippen LogP contribution in [0.2, 0.25) is 0 Å². The first-order valence-corrected chi connectivity index (χ1v) is 7.01. The zero-order chi connectivity index (χ0) is 13.8. The van der Waals surface area contributed by atoms with Crippen LogP contribution < -0.4 is 0 Å². The zero-order valence-electron chi connectivity index (χ0n) is 11.6. The highest BCUT2D eigenvalue weighted by atomic mass is 15.0. The summed E-state index contributed by atoms with van der Waals surface area (Å²) in [6.07, 6.45) is 6.81. The van der Waals surface area contributed by atoms with E-state index in [1.54, 1.807) is 0 Å². The van der Waals surface area contributed by atoms with E-state index in [0.29, 0.717) is 6.04 Å². The molecule has 0 aliphatic carbocycles. The zero-order valence-corrected chi connectivity index (χ0v) is 11.6. The highest BCUT2D eigenvalue weighted by Crippen LogP contribution is 2.25. The van der Waals surface area contributed by atoms with Gasteiger partial charge in [-0.2, -0.15) is 0 Å². The number of nitrogens with zero attached hydrogens (tertiary/aromatic N) is 2. The molecule has 3 rings (SSSR count). The van der Waals surface area contributed by atoms with E-state index in [4.69, 9.17) is 0 Å². The van der Waals surface area contributed by atoms with Crippen LogP contribution in [-0.4, -0.2) is 9.55 Å². The topological polar surface area (TPSA) is 17.8 Å². The third-order valence-corrected chi connectivity index (χ3v) is 3.67. The fourth-order valence-electron chi connectivity index (χ4n) is 2.60. The van der Waals surface area contributed by atoms with Gasteiger partial charge >= 0.3 is 0 Å². The molecule has 0 saturated carbocycles. The molecule has 0 N–H and O–H groups in total. The van der Waals surface area contributed by atoms with Crippen LogP contribution in [0.15, 0.2) is 73.3 Å². The molecule has 1 heterocycles. The van der Waals surface area contributed by atoms with Crippen LogP contribution in [0.4, 0.5) is 0 Å². The van der Waals surface area contributed by atoms with Crippen molar-refractivity contribution in [2.75, 3.05) is 0 Å². The minimum absolute atomic E-state index is 0.363. The number of aromatic nitrogens is 2. The summed E-state index contributed by atoms with van der Waals surface area (Å²) in [6.45, 7) is 2.20. The smallest absolute Gasteiger partial charge is 0.0951 e. The van der Waals surface area contributed by atoms with Gasteiger partial charge in [0.15, 0.2) is 0 Å². The molecule has 3 aromatic rings. The fraction of sp³-hybridized carbons (Fsp3) is 0.167. The quantitative estimate of drug-likeness (QED) is 0.674. The summed E-state index contributed by atoms with van der Waals surface area (Å²) >= 11 is 0. The number of benzene rings is 2. The van der Waals surface area contributed by atoms with Crippen LogP contribution in [-0.2, 0) is 0 Å². The van der Waals surface area contributed by atoms with Crippen molar-refractivity contribution in [3.63, 3.8) is 0 Å². The monoisotopic (exact) mass is 262 g/mol. The molecule has 100 valence electrons. The Kier molecular flexibility index (Phi) is 3.64. The number of hydrogen-bond acceptors (Lipinski definition) is 1. The van der Waals surface area contributed by atoms with Gasteiger partial charge in [-0.15, -0.1) is 0 Å². The summed E-state index contributed by atoms with van der Waals surface area (Å²) in [4.78, 5) is 4.14. The van der Waals surface area contributed by atoms with Gasteiger partial charge in [0.05, 0.1) is 12.4 Å². The van der Waals surface area contributed by atoms with E-state index in [0.717, 1.165) is 6.42 Å². The lowest BCUT2D eigenvalue weighted by Gasteiger charge is -2.17. The molecule has 1 atom stereocenters. The SMILES string of the molecule is CCC(c1ccc(-c2ccccc2)cc1)n1ccnc1. The fourth-order valence-corrected chi connectivity index (χ4v) is 2.60. The summed E-state index contributed by atoms with van der Waals surface area (Å²) in [5.74, 6) is 0. The van der Waals surface area contributed by atoms with Crippen LogP contribution in [0.3, 0.4) is 0 Å². The number of imidazole rings is 1. The van der Waals surface area contributed by atoms with Gasteiger partial charge in [0.1, 0.15) is 0 Å². The second kappa shape index (κ2) is 5.74. The van der Waals surface area contributed by atoms with Gasteiger partial charge in [-0.05, 0) is 23.1 Å². The van der Waals surface area contributed by atoms with E-state index in [1.165, 1.54) is 16.7 Å². The van der Waals surface area contributed by atoms with Crippen LogP contribution in [0, 0.1) is 0 Å². The molecule has 1 unspecified atom stereocenters. The average molecular weight is 262 g/mol. The molecule has 1 aromatic heterocycles. The van der Waals surface area contributed by atoms with Crippen LogP contribution in [0.5, 0.6) is 0 Å². The predicted molar refractivity (Wildman–Crippen MR) is 82.5 cm³/mol. The van der Waals surface area contributed by atoms with E-state index in [2.05, 4.69) is 65.0 Å². The third-order valence-electron chi connectivity index (χ3n) is 3.67. The maximum Gasteiger partial charge on any atom is 0.0951 e. The maximum absolute atomic E-state index is 4.14. The first kappa shape index (κ1) is 12.7. The van der Waals surface area contributed by atoms with Gasteiger partial charge in [0.25, 0.3) is 0 Å². The number of rotatable bonds is 4. The van der Waals surface area contributed by atoms with Gasteiger partial charge in [0, 0.05) is 12.4 Å². The Hall–Kier alpha value is -2.35. The summed E-state index contributed by atoms with van der Waals surface area (Å²) < 4.78 is 2.16. The molecule has 0 aliphatic heterocycles. The Bertz CT molecular complexity index is 640. The standard InChI is InChI=1S/C18H18N2/c1-2-18(20-13-12-19-14-20)17-10-8-16(9-11-17)15-6-4-3-5-7-15/h3-14,18H,2H2,1H3. The lowest BCUT2D eigenvalue weighted by atomic mass is 9.99. The lowest BCUT2D eigenvalue weighted by Crippen LogP contribution is -2.07. The van der Waals surface area contributed by atoms with Gasteiger partial charge in [-0.25, -0.2) is 4.98 Å². The van der Waals surface area contributed by atoms with Crippen molar-refractivity contribution in [3.05, 3.63) is 78.9 Å². The predicted octanol–water partition coefficient (Wildman–Crippen LogP) is 4.55. The highest BCUT2D eigenvalue weighted by Gasteiger charge is 2.10. The molecule has 2 aromatic carbocycles. The molecule has 0 spiro atoms. The molecule has 0 amide bonds. The maximum atomic E-state index is 4.14. The Morgan fingerprint density at radius 1 is 0.950 bits per heavy atom. The molecule has 0 bridgehead atoms.